The number of hydrogen-bond donors (Lipinski definition) is 2. The fraction of sp³-hybridized carbons (Fsp3) is 0.556. The Bertz CT molecular complexity index is 774. The molecule has 7 nitrogen and oxygen atoms in total. The van der Waals surface area contributed by atoms with Gasteiger partial charge in [0.1, 0.15) is 11.5 Å². The van der Waals surface area contributed by atoms with Crippen LogP contribution >= 0.6 is 0 Å². The molecule has 27 heavy (non-hydrogen) atoms. The van der Waals surface area contributed by atoms with Crippen molar-refractivity contribution in [3.63, 3.8) is 0 Å². The van der Waals surface area contributed by atoms with E-state index in [1.54, 1.807) is 0 Å². The van der Waals surface area contributed by atoms with Gasteiger partial charge in [-0.1, -0.05) is 12.8 Å². The number of carbonyl (C=O) groups excluding carboxylic acids is 1. The van der Waals surface area contributed by atoms with Crippen LogP contribution in [0.15, 0.2) is 12.3 Å². The molecule has 2 amide bonds. The molecule has 0 saturated carbocycles. The van der Waals surface area contributed by atoms with Gasteiger partial charge in [0.15, 0.2) is 0 Å². The van der Waals surface area contributed by atoms with Crippen molar-refractivity contribution in [2.24, 2.45) is 0 Å². The Hall–Kier alpha value is -2.58. The van der Waals surface area contributed by atoms with E-state index in [1.165, 1.54) is 12.3 Å². The zero-order valence-corrected chi connectivity index (χ0v) is 15.5. The Morgan fingerprint density at radius 3 is 2.89 bits per heavy atom. The molecule has 1 saturated heterocycles. The first-order valence-electron chi connectivity index (χ1n) is 9.13. The van der Waals surface area contributed by atoms with Crippen LogP contribution < -0.4 is 5.32 Å². The Balaban J connectivity index is 1.74. The van der Waals surface area contributed by atoms with E-state index >= 15 is 0 Å². The van der Waals surface area contributed by atoms with Gasteiger partial charge in [-0.3, -0.25) is 5.10 Å². The van der Waals surface area contributed by atoms with E-state index in [9.17, 15) is 13.6 Å². The fourth-order valence-corrected chi connectivity index (χ4v) is 3.58. The molecule has 146 valence electrons. The number of urea groups is 1. The van der Waals surface area contributed by atoms with Gasteiger partial charge in [-0.25, -0.2) is 23.5 Å². The number of carbonyl (C=O) groups is 1. The van der Waals surface area contributed by atoms with Crippen LogP contribution in [0.4, 0.5) is 13.6 Å². The SMILES string of the molecule is Cc1n[nH]c(C)c1C1CCCCCN1C(=O)NCc1nccc(C(F)F)n1. The standard InChI is InChI=1S/C18H24F2N6O/c1-11-16(12(2)25-24-11)14-6-4-3-5-9-26(14)18(27)22-10-15-21-8-7-13(23-15)17(19)20/h7-8,14,17H,3-6,9-10H2,1-2H3,(H,22,27)(H,24,25). The molecule has 3 heterocycles. The van der Waals surface area contributed by atoms with Crippen molar-refractivity contribution >= 4 is 6.03 Å². The quantitative estimate of drug-likeness (QED) is 0.851. The molecule has 0 spiro atoms. The predicted molar refractivity (Wildman–Crippen MR) is 95.2 cm³/mol. The van der Waals surface area contributed by atoms with Crippen molar-refractivity contribution in [1.82, 2.24) is 30.4 Å². The third kappa shape index (κ3) is 4.40. The number of rotatable bonds is 4. The number of amides is 2. The second kappa shape index (κ2) is 8.41. The van der Waals surface area contributed by atoms with Crippen LogP contribution in [0.2, 0.25) is 0 Å². The van der Waals surface area contributed by atoms with Crippen molar-refractivity contribution in [1.29, 1.82) is 0 Å². The highest BCUT2D eigenvalue weighted by Gasteiger charge is 2.30. The summed E-state index contributed by atoms with van der Waals surface area (Å²) in [5.74, 6) is 0.170. The molecule has 0 aromatic carbocycles. The largest absolute Gasteiger partial charge is 0.331 e. The predicted octanol–water partition coefficient (Wildman–Crippen LogP) is 3.58. The molecule has 1 atom stereocenters. The van der Waals surface area contributed by atoms with E-state index in [-0.39, 0.29) is 30.1 Å². The first-order chi connectivity index (χ1) is 13.0. The van der Waals surface area contributed by atoms with E-state index in [1.807, 2.05) is 18.7 Å². The highest BCUT2D eigenvalue weighted by molar-refractivity contribution is 5.74. The minimum absolute atomic E-state index is 0.00592. The average molecular weight is 378 g/mol. The summed E-state index contributed by atoms with van der Waals surface area (Å²) in [5, 5.41) is 10.0. The Morgan fingerprint density at radius 2 is 2.19 bits per heavy atom. The van der Waals surface area contributed by atoms with Crippen LogP contribution in [-0.2, 0) is 6.54 Å². The zero-order chi connectivity index (χ0) is 19.4. The highest BCUT2D eigenvalue weighted by atomic mass is 19.3. The molecule has 2 N–H and O–H groups in total. The minimum Gasteiger partial charge on any atom is -0.331 e. The van der Waals surface area contributed by atoms with Gasteiger partial charge in [0.25, 0.3) is 6.43 Å². The van der Waals surface area contributed by atoms with Gasteiger partial charge in [0.05, 0.1) is 18.3 Å². The Labute approximate surface area is 156 Å². The summed E-state index contributed by atoms with van der Waals surface area (Å²) < 4.78 is 25.5. The summed E-state index contributed by atoms with van der Waals surface area (Å²) in [5.41, 5.74) is 2.57. The van der Waals surface area contributed by atoms with Crippen molar-refractivity contribution in [2.45, 2.75) is 58.5 Å². The third-order valence-electron chi connectivity index (χ3n) is 4.88. The second-order valence-electron chi connectivity index (χ2n) is 6.76. The number of aryl methyl sites for hydroxylation is 2. The molecule has 1 aliphatic heterocycles. The maximum absolute atomic E-state index is 12.9. The third-order valence-corrected chi connectivity index (χ3v) is 4.88. The van der Waals surface area contributed by atoms with Gasteiger partial charge in [0, 0.05) is 24.0 Å². The van der Waals surface area contributed by atoms with Crippen LogP contribution in [0.3, 0.4) is 0 Å². The number of aromatic nitrogens is 4. The zero-order valence-electron chi connectivity index (χ0n) is 15.5. The van der Waals surface area contributed by atoms with Crippen molar-refractivity contribution in [3.05, 3.63) is 40.7 Å². The van der Waals surface area contributed by atoms with E-state index < -0.39 is 6.43 Å². The van der Waals surface area contributed by atoms with Crippen molar-refractivity contribution < 1.29 is 13.6 Å². The maximum atomic E-state index is 12.9. The van der Waals surface area contributed by atoms with Crippen LogP contribution in [0.25, 0.3) is 0 Å². The van der Waals surface area contributed by atoms with Crippen LogP contribution in [-0.4, -0.2) is 37.6 Å². The topological polar surface area (TPSA) is 86.8 Å². The maximum Gasteiger partial charge on any atom is 0.318 e. The molecule has 0 aliphatic carbocycles. The number of nitrogens with one attached hydrogen (secondary N) is 2. The monoisotopic (exact) mass is 378 g/mol. The van der Waals surface area contributed by atoms with E-state index in [0.717, 1.165) is 42.6 Å². The fourth-order valence-electron chi connectivity index (χ4n) is 3.58. The molecule has 2 aromatic rings. The lowest BCUT2D eigenvalue weighted by atomic mass is 9.99. The van der Waals surface area contributed by atoms with E-state index in [0.29, 0.717) is 6.54 Å². The van der Waals surface area contributed by atoms with Gasteiger partial charge in [-0.05, 0) is 32.8 Å². The molecule has 1 aliphatic rings. The lowest BCUT2D eigenvalue weighted by Gasteiger charge is -2.30. The van der Waals surface area contributed by atoms with Gasteiger partial charge in [-0.15, -0.1) is 0 Å². The summed E-state index contributed by atoms with van der Waals surface area (Å²) >= 11 is 0. The van der Waals surface area contributed by atoms with Gasteiger partial charge in [-0.2, -0.15) is 5.10 Å². The van der Waals surface area contributed by atoms with Crippen molar-refractivity contribution in [2.75, 3.05) is 6.54 Å². The highest BCUT2D eigenvalue weighted by Crippen LogP contribution is 2.33. The number of hydrogen-bond acceptors (Lipinski definition) is 4. The molecular weight excluding hydrogens is 354 g/mol. The van der Waals surface area contributed by atoms with E-state index in [4.69, 9.17) is 0 Å². The van der Waals surface area contributed by atoms with Crippen LogP contribution in [0, 0.1) is 13.8 Å². The molecule has 0 bridgehead atoms. The number of aromatic amines is 1. The van der Waals surface area contributed by atoms with Crippen LogP contribution in [0.5, 0.6) is 0 Å². The van der Waals surface area contributed by atoms with E-state index in [2.05, 4.69) is 25.5 Å². The molecular formula is C18H24F2N6O. The molecule has 2 aromatic heterocycles. The first-order valence-corrected chi connectivity index (χ1v) is 9.13. The summed E-state index contributed by atoms with van der Waals surface area (Å²) in [4.78, 5) is 22.4. The molecule has 1 unspecified atom stereocenters. The van der Waals surface area contributed by atoms with Crippen molar-refractivity contribution in [3.8, 4) is 0 Å². The smallest absolute Gasteiger partial charge is 0.318 e. The first kappa shape index (κ1) is 19.2. The molecule has 0 radical (unpaired) electrons. The molecule has 9 heteroatoms. The summed E-state index contributed by atoms with van der Waals surface area (Å²) in [6.07, 6.45) is 2.52. The van der Waals surface area contributed by atoms with Gasteiger partial charge < -0.3 is 10.2 Å². The molecule has 1 fully saturated rings. The van der Waals surface area contributed by atoms with Crippen LogP contribution in [0.1, 0.15) is 66.6 Å². The average Bonchev–Trinajstić information content (AvgIpc) is 2.85. The Kier molecular flexibility index (Phi) is 5.98. The lowest BCUT2D eigenvalue weighted by Crippen LogP contribution is -2.42. The number of H-pyrrole nitrogens is 1. The lowest BCUT2D eigenvalue weighted by molar-refractivity contribution is 0.145. The Morgan fingerprint density at radius 1 is 1.37 bits per heavy atom. The summed E-state index contributed by atoms with van der Waals surface area (Å²) in [7, 11) is 0. The van der Waals surface area contributed by atoms with Gasteiger partial charge >= 0.3 is 6.03 Å². The van der Waals surface area contributed by atoms with Gasteiger partial charge in [0.2, 0.25) is 0 Å². The number of likely N-dealkylation sites (tertiary alicyclic amines) is 1. The second-order valence-corrected chi connectivity index (χ2v) is 6.76. The molecule has 3 rings (SSSR count). The number of nitrogens with zero attached hydrogens (tertiary/aromatic N) is 4. The number of halogens is 2. The summed E-state index contributed by atoms with van der Waals surface area (Å²) in [6, 6.07) is 0.873. The number of alkyl halides is 2. The normalized spacial score (nSPS) is 17.8. The minimum atomic E-state index is -2.66. The summed E-state index contributed by atoms with van der Waals surface area (Å²) in [6.45, 7) is 4.54.